The van der Waals surface area contributed by atoms with Gasteiger partial charge in [0.05, 0.1) is 18.9 Å². The number of hydrazone groups is 1. The van der Waals surface area contributed by atoms with Crippen LogP contribution in [0.1, 0.15) is 18.3 Å². The van der Waals surface area contributed by atoms with Gasteiger partial charge in [0.1, 0.15) is 5.82 Å². The van der Waals surface area contributed by atoms with Crippen molar-refractivity contribution < 1.29 is 4.74 Å². The molecular weight excluding hydrogens is 390 g/mol. The molecule has 3 heterocycles. The summed E-state index contributed by atoms with van der Waals surface area (Å²) in [6.07, 6.45) is 1.76. The molecule has 1 aliphatic heterocycles. The Balaban J connectivity index is 1.88. The van der Waals surface area contributed by atoms with Crippen molar-refractivity contribution in [2.24, 2.45) is 5.10 Å². The molecule has 2 aromatic heterocycles. The highest BCUT2D eigenvalue weighted by Gasteiger charge is 2.22. The molecule has 0 spiro atoms. The fraction of sp³-hybridized carbons (Fsp3) is 0.391. The largest absolute Gasteiger partial charge is 0.378 e. The van der Waals surface area contributed by atoms with Crippen molar-refractivity contribution in [1.82, 2.24) is 24.5 Å². The number of anilines is 1. The van der Waals surface area contributed by atoms with Gasteiger partial charge in [-0.25, -0.2) is 15.0 Å². The van der Waals surface area contributed by atoms with Crippen LogP contribution in [0.25, 0.3) is 22.6 Å². The smallest absolute Gasteiger partial charge is 0.166 e. The second-order valence-corrected chi connectivity index (χ2v) is 7.66. The maximum atomic E-state index is 5.55. The lowest BCUT2D eigenvalue weighted by Crippen LogP contribution is -2.37. The molecule has 0 N–H and O–H groups in total. The molecule has 0 amide bonds. The van der Waals surface area contributed by atoms with E-state index in [0.29, 0.717) is 19.0 Å². The predicted octanol–water partition coefficient (Wildman–Crippen LogP) is 3.11. The highest BCUT2D eigenvalue weighted by atomic mass is 16.5. The predicted molar refractivity (Wildman–Crippen MR) is 125 cm³/mol. The lowest BCUT2D eigenvalue weighted by Gasteiger charge is -2.28. The number of aromatic nitrogens is 4. The summed E-state index contributed by atoms with van der Waals surface area (Å²) in [6.45, 7) is 11.8. The summed E-state index contributed by atoms with van der Waals surface area (Å²) < 4.78 is 7.68. The minimum atomic E-state index is 0.679. The van der Waals surface area contributed by atoms with Gasteiger partial charge in [0.25, 0.3) is 0 Å². The molecule has 0 unspecified atom stereocenters. The van der Waals surface area contributed by atoms with E-state index in [1.165, 1.54) is 0 Å². The van der Waals surface area contributed by atoms with E-state index in [2.05, 4.69) is 34.1 Å². The summed E-state index contributed by atoms with van der Waals surface area (Å²) in [5.41, 5.74) is 4.42. The third-order valence-electron chi connectivity index (χ3n) is 5.31. The van der Waals surface area contributed by atoms with Crippen LogP contribution in [-0.2, 0) is 11.3 Å². The Morgan fingerprint density at radius 3 is 2.68 bits per heavy atom. The quantitative estimate of drug-likeness (QED) is 0.452. The maximum Gasteiger partial charge on any atom is 0.166 e. The molecule has 0 saturated carbocycles. The van der Waals surface area contributed by atoms with E-state index in [1.807, 2.05) is 39.2 Å². The van der Waals surface area contributed by atoms with Crippen molar-refractivity contribution in [2.45, 2.75) is 20.4 Å². The van der Waals surface area contributed by atoms with Gasteiger partial charge in [-0.2, -0.15) is 5.10 Å². The molecule has 1 saturated heterocycles. The Kier molecular flexibility index (Phi) is 5.99. The average molecular weight is 420 g/mol. The van der Waals surface area contributed by atoms with Gasteiger partial charge in [0.15, 0.2) is 22.8 Å². The molecule has 0 radical (unpaired) electrons. The Labute approximate surface area is 182 Å². The minimum absolute atomic E-state index is 0.679. The van der Waals surface area contributed by atoms with E-state index in [9.17, 15) is 0 Å². The number of rotatable bonds is 6. The summed E-state index contributed by atoms with van der Waals surface area (Å²) in [5, 5.41) is 6.30. The van der Waals surface area contributed by atoms with Gasteiger partial charge in [-0.3, -0.25) is 0 Å². The summed E-state index contributed by atoms with van der Waals surface area (Å²) in [4.78, 5) is 17.0. The van der Waals surface area contributed by atoms with Crippen molar-refractivity contribution in [2.75, 3.05) is 45.3 Å². The molecule has 3 aromatic rings. The number of hydrogen-bond acceptors (Lipinski definition) is 7. The van der Waals surface area contributed by atoms with Crippen LogP contribution in [-0.4, -0.2) is 70.6 Å². The zero-order chi connectivity index (χ0) is 22.0. The number of allylic oxidation sites excluding steroid dienone is 1. The molecule has 31 heavy (non-hydrogen) atoms. The Bertz CT molecular complexity index is 1130. The topological polar surface area (TPSA) is 71.7 Å². The summed E-state index contributed by atoms with van der Waals surface area (Å²) in [5.74, 6) is 2.49. The first-order valence-electron chi connectivity index (χ1n) is 10.6. The maximum absolute atomic E-state index is 5.55. The van der Waals surface area contributed by atoms with Gasteiger partial charge in [-0.1, -0.05) is 24.8 Å². The second kappa shape index (κ2) is 8.85. The number of ether oxygens (including phenoxy) is 1. The van der Waals surface area contributed by atoms with Crippen LogP contribution in [0.2, 0.25) is 0 Å². The standard InChI is InChI=1S/C23H29N7O/c1-6-19(27-28(4)5)17-9-8-10-18(15-17)21-25-22(29-11-13-31-14-12-29)20-23(26-21)30(7-2)16(3)24-20/h6,8-10,15H,1,7,11-14H2,2-5H3/b27-19+. The van der Waals surface area contributed by atoms with Crippen molar-refractivity contribution in [1.29, 1.82) is 0 Å². The number of fused-ring (bicyclic) bond motifs is 1. The number of morpholine rings is 1. The van der Waals surface area contributed by atoms with Gasteiger partial charge in [-0.15, -0.1) is 0 Å². The highest BCUT2D eigenvalue weighted by Crippen LogP contribution is 2.29. The number of aryl methyl sites for hydroxylation is 2. The number of benzene rings is 1. The molecule has 1 aromatic carbocycles. The Morgan fingerprint density at radius 2 is 2.00 bits per heavy atom. The minimum Gasteiger partial charge on any atom is -0.378 e. The van der Waals surface area contributed by atoms with Crippen LogP contribution >= 0.6 is 0 Å². The molecule has 1 fully saturated rings. The van der Waals surface area contributed by atoms with Gasteiger partial charge in [0.2, 0.25) is 0 Å². The van der Waals surface area contributed by atoms with E-state index in [0.717, 1.165) is 59.3 Å². The summed E-state index contributed by atoms with van der Waals surface area (Å²) in [6, 6.07) is 8.12. The van der Waals surface area contributed by atoms with Crippen LogP contribution < -0.4 is 4.90 Å². The molecule has 4 rings (SSSR count). The lowest BCUT2D eigenvalue weighted by molar-refractivity contribution is 0.122. The molecule has 1 aliphatic rings. The molecule has 0 atom stereocenters. The number of nitrogens with zero attached hydrogens (tertiary/aromatic N) is 7. The van der Waals surface area contributed by atoms with Gasteiger partial charge in [-0.05, 0) is 26.0 Å². The average Bonchev–Trinajstić information content (AvgIpc) is 3.12. The Morgan fingerprint density at radius 1 is 1.23 bits per heavy atom. The lowest BCUT2D eigenvalue weighted by atomic mass is 10.1. The van der Waals surface area contributed by atoms with E-state index in [-0.39, 0.29) is 0 Å². The van der Waals surface area contributed by atoms with Crippen LogP contribution in [0.3, 0.4) is 0 Å². The van der Waals surface area contributed by atoms with E-state index in [4.69, 9.17) is 19.7 Å². The molecule has 8 nitrogen and oxygen atoms in total. The van der Waals surface area contributed by atoms with Crippen LogP contribution in [0.5, 0.6) is 0 Å². The molecule has 162 valence electrons. The fourth-order valence-electron chi connectivity index (χ4n) is 3.85. The van der Waals surface area contributed by atoms with Gasteiger partial charge >= 0.3 is 0 Å². The van der Waals surface area contributed by atoms with Crippen LogP contribution in [0, 0.1) is 6.92 Å². The van der Waals surface area contributed by atoms with Gasteiger partial charge in [0, 0.05) is 44.9 Å². The monoisotopic (exact) mass is 419 g/mol. The van der Waals surface area contributed by atoms with E-state index in [1.54, 1.807) is 11.1 Å². The van der Waals surface area contributed by atoms with E-state index < -0.39 is 0 Å². The fourth-order valence-corrected chi connectivity index (χ4v) is 3.85. The van der Waals surface area contributed by atoms with Crippen molar-refractivity contribution in [3.8, 4) is 11.4 Å². The van der Waals surface area contributed by atoms with Crippen molar-refractivity contribution >= 4 is 22.7 Å². The van der Waals surface area contributed by atoms with Crippen molar-refractivity contribution in [3.05, 3.63) is 48.3 Å². The third kappa shape index (κ3) is 4.16. The molecular formula is C23H29N7O. The molecule has 0 bridgehead atoms. The molecule has 8 heteroatoms. The molecule has 0 aliphatic carbocycles. The first-order valence-corrected chi connectivity index (χ1v) is 10.6. The van der Waals surface area contributed by atoms with Crippen LogP contribution in [0.15, 0.2) is 42.0 Å². The SMILES string of the molecule is C=C/C(=N\N(C)C)c1cccc(-c2nc(N3CCOCC3)c3nc(C)n(CC)c3n2)c1. The van der Waals surface area contributed by atoms with Crippen LogP contribution in [0.4, 0.5) is 5.82 Å². The van der Waals surface area contributed by atoms with Crippen molar-refractivity contribution in [3.63, 3.8) is 0 Å². The van der Waals surface area contributed by atoms with Gasteiger partial charge < -0.3 is 19.2 Å². The van der Waals surface area contributed by atoms with E-state index >= 15 is 0 Å². The Hall–Kier alpha value is -3.26. The first-order chi connectivity index (χ1) is 15.0. The number of hydrogen-bond donors (Lipinski definition) is 0. The zero-order valence-corrected chi connectivity index (χ0v) is 18.7. The number of imidazole rings is 1. The zero-order valence-electron chi connectivity index (χ0n) is 18.7. The second-order valence-electron chi connectivity index (χ2n) is 7.66. The summed E-state index contributed by atoms with van der Waals surface area (Å²) >= 11 is 0. The first kappa shape index (κ1) is 21.0. The third-order valence-corrected chi connectivity index (χ3v) is 5.31. The highest BCUT2D eigenvalue weighted by molar-refractivity contribution is 6.08. The normalized spacial score (nSPS) is 14.8. The summed E-state index contributed by atoms with van der Waals surface area (Å²) in [7, 11) is 3.79.